The standard InChI is InChI=1S/C30H30N2O6S.Na/c1-30(2,3)20-10-7-17(8-11-20)13-21(26(29(34)35)18-9-12-22-23(14-18)32-39-31-22)27(33)19-15-24(36-4)28(38-6)25(16-19)37-5;/h7-12,14-16H,13H2,1-6H3,(H,34,35);/q;+1/p-1. The Kier molecular flexibility index (Phi) is 10.1. The number of hydrogen-bond donors (Lipinski definition) is 0. The molecule has 4 rings (SSSR count). The normalized spacial score (nSPS) is 11.8. The molecule has 0 spiro atoms. The molecule has 1 aromatic heterocycles. The Hall–Kier alpha value is -3.24. The number of ketones is 1. The number of methoxy groups -OCH3 is 3. The van der Waals surface area contributed by atoms with Crippen LogP contribution in [0, 0.1) is 0 Å². The van der Waals surface area contributed by atoms with E-state index in [1.807, 2.05) is 24.3 Å². The molecule has 0 fully saturated rings. The van der Waals surface area contributed by atoms with E-state index in [1.165, 1.54) is 33.5 Å². The van der Waals surface area contributed by atoms with Crippen molar-refractivity contribution in [3.63, 3.8) is 0 Å². The van der Waals surface area contributed by atoms with Crippen LogP contribution < -0.4 is 48.9 Å². The third kappa shape index (κ3) is 6.55. The van der Waals surface area contributed by atoms with Crippen LogP contribution in [-0.2, 0) is 16.6 Å². The van der Waals surface area contributed by atoms with E-state index in [9.17, 15) is 14.7 Å². The number of aliphatic carboxylic acids is 1. The molecule has 0 aliphatic carbocycles. The maximum atomic E-state index is 14.1. The van der Waals surface area contributed by atoms with Crippen LogP contribution in [0.5, 0.6) is 17.2 Å². The topological polar surface area (TPSA) is 111 Å². The number of ether oxygens (including phenoxy) is 3. The number of allylic oxidation sites excluding steroid dienone is 1. The Balaban J connectivity index is 0.00000441. The summed E-state index contributed by atoms with van der Waals surface area (Å²) in [6, 6.07) is 15.7. The van der Waals surface area contributed by atoms with Crippen molar-refractivity contribution in [2.24, 2.45) is 0 Å². The molecule has 0 bridgehead atoms. The molecule has 0 amide bonds. The van der Waals surface area contributed by atoms with Gasteiger partial charge in [-0.05, 0) is 46.4 Å². The Morgan fingerprint density at radius 1 is 0.825 bits per heavy atom. The number of carboxylic acids is 1. The molecular weight excluding hydrogens is 539 g/mol. The molecule has 202 valence electrons. The van der Waals surface area contributed by atoms with Crippen molar-refractivity contribution in [1.29, 1.82) is 0 Å². The number of hydrogen-bond acceptors (Lipinski definition) is 9. The first-order valence-corrected chi connectivity index (χ1v) is 12.9. The second kappa shape index (κ2) is 13.0. The van der Waals surface area contributed by atoms with Gasteiger partial charge in [-0.15, -0.1) is 0 Å². The van der Waals surface area contributed by atoms with Gasteiger partial charge < -0.3 is 24.1 Å². The van der Waals surface area contributed by atoms with Crippen molar-refractivity contribution in [3.05, 3.63) is 82.4 Å². The van der Waals surface area contributed by atoms with Gasteiger partial charge in [0.1, 0.15) is 11.0 Å². The van der Waals surface area contributed by atoms with E-state index in [-0.39, 0.29) is 69.6 Å². The van der Waals surface area contributed by atoms with Gasteiger partial charge in [0, 0.05) is 23.1 Å². The molecule has 0 aliphatic rings. The van der Waals surface area contributed by atoms with Crippen LogP contribution in [0.25, 0.3) is 16.6 Å². The zero-order valence-corrected chi connectivity index (χ0v) is 26.5. The van der Waals surface area contributed by atoms with Crippen molar-refractivity contribution in [2.75, 3.05) is 21.3 Å². The SMILES string of the molecule is COc1cc(C(=O)C(Cc2ccc(C(C)(C)C)cc2)=C(C(=O)[O-])c2ccc3nsnc3c2)cc(OC)c1OC.[Na+]. The Morgan fingerprint density at radius 3 is 1.95 bits per heavy atom. The third-order valence-electron chi connectivity index (χ3n) is 6.45. The summed E-state index contributed by atoms with van der Waals surface area (Å²) in [5.74, 6) is -1.11. The number of fused-ring (bicyclic) bond motifs is 1. The Morgan fingerprint density at radius 2 is 1.43 bits per heavy atom. The molecule has 0 saturated carbocycles. The quantitative estimate of drug-likeness (QED) is 0.170. The van der Waals surface area contributed by atoms with Gasteiger partial charge in [0.25, 0.3) is 0 Å². The average molecular weight is 569 g/mol. The molecule has 3 aromatic carbocycles. The Labute approximate surface area is 259 Å². The van der Waals surface area contributed by atoms with E-state index < -0.39 is 11.8 Å². The maximum absolute atomic E-state index is 14.1. The third-order valence-corrected chi connectivity index (χ3v) is 7.01. The average Bonchev–Trinajstić information content (AvgIpc) is 3.39. The minimum Gasteiger partial charge on any atom is -0.545 e. The van der Waals surface area contributed by atoms with Gasteiger partial charge in [0.2, 0.25) is 5.75 Å². The van der Waals surface area contributed by atoms with Gasteiger partial charge >= 0.3 is 29.6 Å². The van der Waals surface area contributed by atoms with Crippen molar-refractivity contribution >= 4 is 40.1 Å². The number of rotatable bonds is 9. The molecule has 0 N–H and O–H groups in total. The fourth-order valence-electron chi connectivity index (χ4n) is 4.35. The van der Waals surface area contributed by atoms with Crippen molar-refractivity contribution in [1.82, 2.24) is 8.75 Å². The molecule has 1 heterocycles. The van der Waals surface area contributed by atoms with Gasteiger partial charge in [0.15, 0.2) is 17.3 Å². The summed E-state index contributed by atoms with van der Waals surface area (Å²) in [5, 5.41) is 12.6. The monoisotopic (exact) mass is 568 g/mol. The van der Waals surface area contributed by atoms with Crippen LogP contribution in [-0.4, -0.2) is 41.8 Å². The van der Waals surface area contributed by atoms with Crippen molar-refractivity contribution in [2.45, 2.75) is 32.6 Å². The van der Waals surface area contributed by atoms with Crippen LogP contribution in [0.1, 0.15) is 47.8 Å². The number of carboxylic acid groups (broad SMARTS) is 1. The fourth-order valence-corrected chi connectivity index (χ4v) is 4.87. The summed E-state index contributed by atoms with van der Waals surface area (Å²) in [7, 11) is 4.36. The molecular formula is C30H29N2NaO6S. The van der Waals surface area contributed by atoms with Gasteiger partial charge in [-0.1, -0.05) is 51.1 Å². The number of nitrogens with zero attached hydrogens (tertiary/aromatic N) is 2. The summed E-state index contributed by atoms with van der Waals surface area (Å²) < 4.78 is 24.7. The molecule has 8 nitrogen and oxygen atoms in total. The van der Waals surface area contributed by atoms with E-state index in [4.69, 9.17) is 14.2 Å². The van der Waals surface area contributed by atoms with Crippen LogP contribution >= 0.6 is 11.7 Å². The fraction of sp³-hybridized carbons (Fsp3) is 0.267. The van der Waals surface area contributed by atoms with E-state index in [2.05, 4.69) is 29.5 Å². The van der Waals surface area contributed by atoms with Crippen LogP contribution in [0.3, 0.4) is 0 Å². The van der Waals surface area contributed by atoms with Gasteiger partial charge in [0.05, 0.1) is 39.0 Å². The van der Waals surface area contributed by atoms with Crippen LogP contribution in [0.4, 0.5) is 0 Å². The van der Waals surface area contributed by atoms with Crippen molar-refractivity contribution in [3.8, 4) is 17.2 Å². The summed E-state index contributed by atoms with van der Waals surface area (Å²) in [6.07, 6.45) is 0.0522. The van der Waals surface area contributed by atoms with Crippen LogP contribution in [0.15, 0.2) is 60.2 Å². The van der Waals surface area contributed by atoms with E-state index in [0.29, 0.717) is 22.3 Å². The maximum Gasteiger partial charge on any atom is 1.00 e. The number of benzene rings is 3. The first kappa shape index (κ1) is 31.3. The number of carbonyl (C=O) groups excluding carboxylic acids is 2. The van der Waals surface area contributed by atoms with E-state index in [1.54, 1.807) is 18.2 Å². The van der Waals surface area contributed by atoms with E-state index >= 15 is 0 Å². The second-order valence-corrected chi connectivity index (χ2v) is 10.5. The number of carbonyl (C=O) groups is 2. The molecule has 0 saturated heterocycles. The smallest absolute Gasteiger partial charge is 0.545 e. The minimum absolute atomic E-state index is 0. The first-order chi connectivity index (χ1) is 18.6. The summed E-state index contributed by atoms with van der Waals surface area (Å²) in [6.45, 7) is 6.33. The molecule has 40 heavy (non-hydrogen) atoms. The largest absolute Gasteiger partial charge is 1.00 e. The predicted molar refractivity (Wildman–Crippen MR) is 149 cm³/mol. The summed E-state index contributed by atoms with van der Waals surface area (Å²) >= 11 is 1.03. The zero-order chi connectivity index (χ0) is 28.3. The van der Waals surface area contributed by atoms with Crippen molar-refractivity contribution < 1.29 is 58.5 Å². The molecule has 0 atom stereocenters. The molecule has 0 unspecified atom stereocenters. The molecule has 10 heteroatoms. The molecule has 0 aliphatic heterocycles. The van der Waals surface area contributed by atoms with Gasteiger partial charge in [-0.2, -0.15) is 8.75 Å². The predicted octanol–water partition coefficient (Wildman–Crippen LogP) is 1.65. The zero-order valence-electron chi connectivity index (χ0n) is 23.7. The summed E-state index contributed by atoms with van der Waals surface area (Å²) in [4.78, 5) is 26.8. The van der Waals surface area contributed by atoms with E-state index in [0.717, 1.165) is 22.9 Å². The number of aromatic nitrogens is 2. The van der Waals surface area contributed by atoms with Gasteiger partial charge in [-0.3, -0.25) is 4.79 Å². The Bertz CT molecular complexity index is 1550. The molecule has 4 aromatic rings. The second-order valence-electron chi connectivity index (χ2n) is 9.98. The summed E-state index contributed by atoms with van der Waals surface area (Å²) in [5.41, 5.74) is 3.32. The first-order valence-electron chi connectivity index (χ1n) is 12.2. The number of Topliss-reactive ketones (excluding diaryl/α,β-unsaturated/α-hetero) is 1. The minimum atomic E-state index is -1.47. The van der Waals surface area contributed by atoms with Crippen LogP contribution in [0.2, 0.25) is 0 Å². The molecule has 0 radical (unpaired) electrons. The van der Waals surface area contributed by atoms with Gasteiger partial charge in [-0.25, -0.2) is 0 Å².